The summed E-state index contributed by atoms with van der Waals surface area (Å²) in [6.07, 6.45) is 3.88. The van der Waals surface area contributed by atoms with Crippen molar-refractivity contribution in [3.05, 3.63) is 58.1 Å². The zero-order valence-corrected chi connectivity index (χ0v) is 23.0. The third kappa shape index (κ3) is 5.02. The van der Waals surface area contributed by atoms with Crippen molar-refractivity contribution in [2.75, 3.05) is 58.2 Å². The second-order valence-corrected chi connectivity index (χ2v) is 11.5. The fourth-order valence-corrected chi connectivity index (χ4v) is 6.37. The minimum atomic E-state index is -0.617. The molecule has 39 heavy (non-hydrogen) atoms. The zero-order valence-electron chi connectivity index (χ0n) is 22.2. The number of likely N-dealkylation sites (tertiary alicyclic amines) is 1. The lowest BCUT2D eigenvalue weighted by molar-refractivity contribution is 0.0662. The number of carbonyl (C=O) groups excluding carboxylic acids is 1. The topological polar surface area (TPSA) is 86.6 Å². The molecule has 2 saturated heterocycles. The minimum Gasteiger partial charge on any atom is -0.366 e. The van der Waals surface area contributed by atoms with Gasteiger partial charge in [-0.1, -0.05) is 23.5 Å². The predicted molar refractivity (Wildman–Crippen MR) is 153 cm³/mol. The fourth-order valence-electron chi connectivity index (χ4n) is 5.43. The number of aromatic nitrogens is 3. The van der Waals surface area contributed by atoms with Gasteiger partial charge in [0, 0.05) is 51.5 Å². The van der Waals surface area contributed by atoms with Crippen molar-refractivity contribution in [1.82, 2.24) is 29.2 Å². The molecule has 0 bridgehead atoms. The van der Waals surface area contributed by atoms with Crippen LogP contribution in [0.5, 0.6) is 0 Å². The maximum atomic E-state index is 15.3. The fraction of sp³-hybridized carbons (Fsp3) is 0.429. The molecule has 4 aromatic rings. The molecule has 6 rings (SSSR count). The van der Waals surface area contributed by atoms with Crippen LogP contribution in [-0.4, -0.2) is 94.0 Å². The van der Waals surface area contributed by atoms with E-state index in [1.54, 1.807) is 9.47 Å². The Kier molecular flexibility index (Phi) is 7.05. The standard InChI is InChI=1S/C28H32FN7O2S/c1-18-6-5-10-34(18)11-9-30-25-21(29)16-19-24(37)20(27(38)35-14-12-33(2)13-15-35)17-36(26(19)32-25)28-31-22-7-3-4-8-23(22)39-28/h3-4,7-8,16-18H,5-6,9-15H2,1-2H3,(H,30,32). The quantitative estimate of drug-likeness (QED) is 0.395. The van der Waals surface area contributed by atoms with E-state index in [0.29, 0.717) is 30.8 Å². The molecular formula is C28H32FN7O2S. The van der Waals surface area contributed by atoms with Crippen LogP contribution in [0.1, 0.15) is 30.1 Å². The summed E-state index contributed by atoms with van der Waals surface area (Å²) in [5.41, 5.74) is 0.551. The lowest BCUT2D eigenvalue weighted by atomic mass is 10.1. The number of carbonyl (C=O) groups is 1. The van der Waals surface area contributed by atoms with Gasteiger partial charge < -0.3 is 15.1 Å². The van der Waals surface area contributed by atoms with E-state index in [1.807, 2.05) is 31.3 Å². The summed E-state index contributed by atoms with van der Waals surface area (Å²) in [4.78, 5) is 42.6. The van der Waals surface area contributed by atoms with Crippen molar-refractivity contribution in [2.45, 2.75) is 25.8 Å². The van der Waals surface area contributed by atoms with Crippen molar-refractivity contribution in [2.24, 2.45) is 0 Å². The lowest BCUT2D eigenvalue weighted by Gasteiger charge is -2.32. The number of thiazole rings is 1. The van der Waals surface area contributed by atoms with Gasteiger partial charge in [-0.3, -0.25) is 19.1 Å². The van der Waals surface area contributed by atoms with Crippen LogP contribution in [0, 0.1) is 5.82 Å². The molecule has 1 aromatic carbocycles. The SMILES string of the molecule is CC1CCCN1CCNc1nc2c(cc1F)c(=O)c(C(=O)N1CCN(C)CC1)cn2-c1nc2ccccc2s1. The maximum Gasteiger partial charge on any atom is 0.259 e. The number of fused-ring (bicyclic) bond motifs is 2. The number of hydrogen-bond donors (Lipinski definition) is 1. The van der Waals surface area contributed by atoms with E-state index >= 15 is 4.39 Å². The number of nitrogens with one attached hydrogen (secondary N) is 1. The molecule has 1 N–H and O–H groups in total. The number of hydrogen-bond acceptors (Lipinski definition) is 8. The van der Waals surface area contributed by atoms with Crippen molar-refractivity contribution in [1.29, 1.82) is 0 Å². The van der Waals surface area contributed by atoms with Gasteiger partial charge in [-0.15, -0.1) is 0 Å². The summed E-state index contributed by atoms with van der Waals surface area (Å²) < 4.78 is 17.9. The van der Waals surface area contributed by atoms with Gasteiger partial charge in [-0.25, -0.2) is 14.4 Å². The van der Waals surface area contributed by atoms with E-state index in [-0.39, 0.29) is 28.3 Å². The molecule has 11 heteroatoms. The first-order valence-corrected chi connectivity index (χ1v) is 14.3. The lowest BCUT2D eigenvalue weighted by Crippen LogP contribution is -2.48. The number of anilines is 1. The monoisotopic (exact) mass is 549 g/mol. The minimum absolute atomic E-state index is 0.00348. The van der Waals surface area contributed by atoms with E-state index in [4.69, 9.17) is 4.98 Å². The Balaban J connectivity index is 1.42. The number of para-hydroxylation sites is 1. The van der Waals surface area contributed by atoms with Gasteiger partial charge in [0.2, 0.25) is 5.43 Å². The van der Waals surface area contributed by atoms with Crippen LogP contribution in [0.25, 0.3) is 26.4 Å². The number of benzene rings is 1. The van der Waals surface area contributed by atoms with Crippen LogP contribution in [0.3, 0.4) is 0 Å². The highest BCUT2D eigenvalue weighted by Gasteiger charge is 2.26. The first-order valence-electron chi connectivity index (χ1n) is 13.5. The number of halogens is 1. The number of piperazine rings is 1. The largest absolute Gasteiger partial charge is 0.366 e. The highest BCUT2D eigenvalue weighted by molar-refractivity contribution is 7.20. The normalized spacial score (nSPS) is 18.8. The van der Waals surface area contributed by atoms with Crippen LogP contribution in [0.15, 0.2) is 41.3 Å². The molecule has 3 aromatic heterocycles. The highest BCUT2D eigenvalue weighted by Crippen LogP contribution is 2.28. The third-order valence-corrected chi connectivity index (χ3v) is 8.86. The molecule has 1 atom stereocenters. The first kappa shape index (κ1) is 25.8. The summed E-state index contributed by atoms with van der Waals surface area (Å²) in [5.74, 6) is -0.886. The summed E-state index contributed by atoms with van der Waals surface area (Å²) >= 11 is 1.43. The Bertz CT molecular complexity index is 1560. The first-order chi connectivity index (χ1) is 18.9. The summed E-state index contributed by atoms with van der Waals surface area (Å²) in [5, 5.41) is 3.75. The van der Waals surface area contributed by atoms with Gasteiger partial charge in [0.1, 0.15) is 5.56 Å². The van der Waals surface area contributed by atoms with Gasteiger partial charge in [0.25, 0.3) is 5.91 Å². The molecule has 204 valence electrons. The molecule has 1 unspecified atom stereocenters. The average molecular weight is 550 g/mol. The van der Waals surface area contributed by atoms with E-state index in [0.717, 1.165) is 36.4 Å². The number of amides is 1. The zero-order chi connectivity index (χ0) is 27.1. The average Bonchev–Trinajstić information content (AvgIpc) is 3.55. The van der Waals surface area contributed by atoms with E-state index in [2.05, 4.69) is 27.0 Å². The van der Waals surface area contributed by atoms with E-state index < -0.39 is 11.2 Å². The molecule has 0 spiro atoms. The predicted octanol–water partition coefficient (Wildman–Crippen LogP) is 3.42. The number of nitrogens with zero attached hydrogens (tertiary/aromatic N) is 6. The van der Waals surface area contributed by atoms with Crippen LogP contribution >= 0.6 is 11.3 Å². The Morgan fingerprint density at radius 2 is 1.95 bits per heavy atom. The summed E-state index contributed by atoms with van der Waals surface area (Å²) in [6, 6.07) is 9.45. The molecule has 0 saturated carbocycles. The van der Waals surface area contributed by atoms with Crippen molar-refractivity contribution >= 4 is 44.3 Å². The van der Waals surface area contributed by atoms with E-state index in [1.165, 1.54) is 36.4 Å². The number of likely N-dealkylation sites (N-methyl/N-ethyl adjacent to an activating group) is 1. The van der Waals surface area contributed by atoms with E-state index in [9.17, 15) is 9.59 Å². The Labute approximate surface area is 229 Å². The van der Waals surface area contributed by atoms with Crippen molar-refractivity contribution < 1.29 is 9.18 Å². The molecule has 2 fully saturated rings. The smallest absolute Gasteiger partial charge is 0.259 e. The van der Waals surface area contributed by atoms with Gasteiger partial charge in [0.15, 0.2) is 22.4 Å². The molecule has 2 aliphatic rings. The van der Waals surface area contributed by atoms with Gasteiger partial charge in [-0.2, -0.15) is 0 Å². The molecular weight excluding hydrogens is 517 g/mol. The third-order valence-electron chi connectivity index (χ3n) is 7.82. The summed E-state index contributed by atoms with van der Waals surface area (Å²) in [6.45, 7) is 7.07. The number of pyridine rings is 2. The molecule has 5 heterocycles. The second-order valence-electron chi connectivity index (χ2n) is 10.4. The Morgan fingerprint density at radius 1 is 1.15 bits per heavy atom. The van der Waals surface area contributed by atoms with Crippen molar-refractivity contribution in [3.8, 4) is 5.13 Å². The van der Waals surface area contributed by atoms with Crippen LogP contribution in [0.4, 0.5) is 10.2 Å². The summed E-state index contributed by atoms with van der Waals surface area (Å²) in [7, 11) is 2.00. The second kappa shape index (κ2) is 10.6. The van der Waals surface area contributed by atoms with Crippen LogP contribution < -0.4 is 10.7 Å². The Hall–Kier alpha value is -3.41. The molecule has 1 amide bonds. The molecule has 0 aliphatic carbocycles. The maximum absolute atomic E-state index is 15.3. The van der Waals surface area contributed by atoms with Gasteiger partial charge in [-0.05, 0) is 51.6 Å². The molecule has 2 aliphatic heterocycles. The Morgan fingerprint density at radius 3 is 2.69 bits per heavy atom. The van der Waals surface area contributed by atoms with Crippen LogP contribution in [0.2, 0.25) is 0 Å². The molecule has 0 radical (unpaired) electrons. The van der Waals surface area contributed by atoms with Crippen LogP contribution in [-0.2, 0) is 0 Å². The molecule has 9 nitrogen and oxygen atoms in total. The van der Waals surface area contributed by atoms with Gasteiger partial charge >= 0.3 is 0 Å². The van der Waals surface area contributed by atoms with Gasteiger partial charge in [0.05, 0.1) is 15.6 Å². The highest BCUT2D eigenvalue weighted by atomic mass is 32.1. The van der Waals surface area contributed by atoms with Crippen molar-refractivity contribution in [3.63, 3.8) is 0 Å². The number of rotatable bonds is 6.